The van der Waals surface area contributed by atoms with Crippen molar-refractivity contribution in [2.75, 3.05) is 5.32 Å². The predicted molar refractivity (Wildman–Crippen MR) is 56.1 cm³/mol. The zero-order chi connectivity index (χ0) is 10.3. The molecule has 0 radical (unpaired) electrons. The number of fused-ring (bicyclic) bond motifs is 1. The van der Waals surface area contributed by atoms with E-state index in [2.05, 4.69) is 5.32 Å². The first-order valence-corrected chi connectivity index (χ1v) is 4.77. The Morgan fingerprint density at radius 3 is 2.86 bits per heavy atom. The molecule has 0 aromatic heterocycles. The normalized spacial score (nSPS) is 16.4. The summed E-state index contributed by atoms with van der Waals surface area (Å²) in [6.07, 6.45) is 0.483. The number of carbonyl (C=O) groups excluding carboxylic acids is 1. The number of hydrogen-bond donors (Lipinski definition) is 2. The summed E-state index contributed by atoms with van der Waals surface area (Å²) in [6.45, 7) is 3.95. The van der Waals surface area contributed by atoms with Crippen LogP contribution in [0, 0.1) is 6.92 Å². The highest BCUT2D eigenvalue weighted by molar-refractivity contribution is 6.00. The van der Waals surface area contributed by atoms with Crippen molar-refractivity contribution in [1.82, 2.24) is 0 Å². The van der Waals surface area contributed by atoms with Crippen molar-refractivity contribution in [3.05, 3.63) is 28.8 Å². The second-order valence-corrected chi connectivity index (χ2v) is 3.89. The molecule has 0 spiro atoms. The molecule has 0 saturated heterocycles. The third kappa shape index (κ3) is 1.40. The average Bonchev–Trinajstić information content (AvgIpc) is 2.45. The van der Waals surface area contributed by atoms with Crippen LogP contribution in [0.15, 0.2) is 12.1 Å². The maximum atomic E-state index is 11.2. The fourth-order valence-corrected chi connectivity index (χ4v) is 1.83. The molecular weight excluding hydrogens is 176 g/mol. The van der Waals surface area contributed by atoms with Gasteiger partial charge in [-0.05, 0) is 30.5 Å². The van der Waals surface area contributed by atoms with Crippen LogP contribution in [0.2, 0.25) is 0 Å². The minimum Gasteiger partial charge on any atom is -0.325 e. The minimum absolute atomic E-state index is 0.0229. The lowest BCUT2D eigenvalue weighted by Gasteiger charge is -2.10. The molecule has 0 aliphatic carbocycles. The number of rotatable bonds is 1. The second-order valence-electron chi connectivity index (χ2n) is 3.89. The van der Waals surface area contributed by atoms with E-state index in [1.54, 1.807) is 0 Å². The van der Waals surface area contributed by atoms with E-state index < -0.39 is 0 Å². The van der Waals surface area contributed by atoms with Gasteiger partial charge in [0.2, 0.25) is 5.91 Å². The first-order chi connectivity index (χ1) is 6.58. The van der Waals surface area contributed by atoms with Crippen molar-refractivity contribution in [2.45, 2.75) is 26.3 Å². The number of amides is 1. The molecule has 0 bridgehead atoms. The Morgan fingerprint density at radius 2 is 2.21 bits per heavy atom. The Labute approximate surface area is 83.3 Å². The van der Waals surface area contributed by atoms with Crippen LogP contribution < -0.4 is 11.1 Å². The van der Waals surface area contributed by atoms with Crippen LogP contribution >= 0.6 is 0 Å². The topological polar surface area (TPSA) is 55.1 Å². The van der Waals surface area contributed by atoms with E-state index in [-0.39, 0.29) is 11.9 Å². The fourth-order valence-electron chi connectivity index (χ4n) is 1.83. The first kappa shape index (κ1) is 9.21. The zero-order valence-corrected chi connectivity index (χ0v) is 8.42. The maximum absolute atomic E-state index is 11.2. The minimum atomic E-state index is 0.0229. The van der Waals surface area contributed by atoms with E-state index in [4.69, 9.17) is 5.73 Å². The van der Waals surface area contributed by atoms with Gasteiger partial charge in [-0.15, -0.1) is 0 Å². The molecular formula is C11H14N2O. The highest BCUT2D eigenvalue weighted by Gasteiger charge is 2.20. The largest absolute Gasteiger partial charge is 0.325 e. The number of aryl methyl sites for hydroxylation is 1. The Morgan fingerprint density at radius 1 is 1.50 bits per heavy atom. The van der Waals surface area contributed by atoms with Gasteiger partial charge in [-0.3, -0.25) is 4.79 Å². The van der Waals surface area contributed by atoms with E-state index in [0.29, 0.717) is 6.42 Å². The Bertz CT molecular complexity index is 397. The van der Waals surface area contributed by atoms with Gasteiger partial charge in [0.05, 0.1) is 6.42 Å². The number of nitrogens with one attached hydrogen (secondary N) is 1. The van der Waals surface area contributed by atoms with Crippen molar-refractivity contribution >= 4 is 11.6 Å². The van der Waals surface area contributed by atoms with Crippen LogP contribution in [-0.2, 0) is 11.2 Å². The lowest BCUT2D eigenvalue weighted by atomic mass is 10.0. The molecule has 3 N–H and O–H groups in total. The summed E-state index contributed by atoms with van der Waals surface area (Å²) in [6, 6.07) is 4.08. The van der Waals surface area contributed by atoms with E-state index in [1.807, 2.05) is 26.0 Å². The summed E-state index contributed by atoms with van der Waals surface area (Å²) in [4.78, 5) is 11.2. The van der Waals surface area contributed by atoms with Crippen LogP contribution in [0.5, 0.6) is 0 Å². The molecule has 1 amide bonds. The molecule has 1 aromatic rings. The fraction of sp³-hybridized carbons (Fsp3) is 0.364. The molecule has 14 heavy (non-hydrogen) atoms. The lowest BCUT2D eigenvalue weighted by Crippen LogP contribution is -2.06. The Balaban J connectivity index is 2.51. The van der Waals surface area contributed by atoms with Crippen molar-refractivity contribution < 1.29 is 4.79 Å². The average molecular weight is 190 g/mol. The quantitative estimate of drug-likeness (QED) is 0.705. The van der Waals surface area contributed by atoms with E-state index in [9.17, 15) is 4.79 Å². The van der Waals surface area contributed by atoms with Crippen LogP contribution in [0.3, 0.4) is 0 Å². The molecule has 1 atom stereocenters. The molecule has 0 fully saturated rings. The van der Waals surface area contributed by atoms with Gasteiger partial charge in [-0.2, -0.15) is 0 Å². The monoisotopic (exact) mass is 190 g/mol. The molecule has 3 nitrogen and oxygen atoms in total. The molecule has 74 valence electrons. The van der Waals surface area contributed by atoms with Gasteiger partial charge in [0.15, 0.2) is 0 Å². The molecule has 2 rings (SSSR count). The molecule has 1 aliphatic heterocycles. The number of anilines is 1. The molecule has 3 heteroatoms. The number of benzene rings is 1. The van der Waals surface area contributed by atoms with Gasteiger partial charge in [0, 0.05) is 11.7 Å². The highest BCUT2D eigenvalue weighted by atomic mass is 16.1. The standard InChI is InChI=1S/C11H14N2O/c1-6-3-8(7(2)12)4-9-5-10(14)13-11(6)9/h3-4,7H,5,12H2,1-2H3,(H,13,14). The molecule has 1 heterocycles. The van der Waals surface area contributed by atoms with Crippen molar-refractivity contribution in [1.29, 1.82) is 0 Å². The van der Waals surface area contributed by atoms with E-state index >= 15 is 0 Å². The first-order valence-electron chi connectivity index (χ1n) is 4.77. The Hall–Kier alpha value is -1.35. The van der Waals surface area contributed by atoms with Crippen molar-refractivity contribution in [3.8, 4) is 0 Å². The number of carbonyl (C=O) groups is 1. The summed E-state index contributed by atoms with van der Waals surface area (Å²) < 4.78 is 0. The zero-order valence-electron chi connectivity index (χ0n) is 8.42. The molecule has 1 aromatic carbocycles. The lowest BCUT2D eigenvalue weighted by molar-refractivity contribution is -0.115. The summed E-state index contributed by atoms with van der Waals surface area (Å²) >= 11 is 0. The van der Waals surface area contributed by atoms with Gasteiger partial charge in [0.1, 0.15) is 0 Å². The summed E-state index contributed by atoms with van der Waals surface area (Å²) in [5.74, 6) is 0.0740. The predicted octanol–water partition coefficient (Wildman–Crippen LogP) is 1.51. The summed E-state index contributed by atoms with van der Waals surface area (Å²) in [7, 11) is 0. The van der Waals surface area contributed by atoms with Gasteiger partial charge in [0.25, 0.3) is 0 Å². The summed E-state index contributed by atoms with van der Waals surface area (Å²) in [5, 5.41) is 2.85. The van der Waals surface area contributed by atoms with Gasteiger partial charge < -0.3 is 11.1 Å². The Kier molecular flexibility index (Phi) is 2.04. The number of nitrogens with two attached hydrogens (primary N) is 1. The molecule has 1 aliphatic rings. The van der Waals surface area contributed by atoms with Gasteiger partial charge in [-0.25, -0.2) is 0 Å². The smallest absolute Gasteiger partial charge is 0.228 e. The SMILES string of the molecule is Cc1cc(C(C)N)cc2c1NC(=O)C2. The van der Waals surface area contributed by atoms with E-state index in [0.717, 1.165) is 22.4 Å². The number of hydrogen-bond acceptors (Lipinski definition) is 2. The van der Waals surface area contributed by atoms with Crippen LogP contribution in [0.4, 0.5) is 5.69 Å². The maximum Gasteiger partial charge on any atom is 0.228 e. The third-order valence-electron chi connectivity index (χ3n) is 2.58. The van der Waals surface area contributed by atoms with Crippen LogP contribution in [0.25, 0.3) is 0 Å². The van der Waals surface area contributed by atoms with Crippen LogP contribution in [-0.4, -0.2) is 5.91 Å². The van der Waals surface area contributed by atoms with Crippen LogP contribution in [0.1, 0.15) is 29.7 Å². The third-order valence-corrected chi connectivity index (χ3v) is 2.58. The van der Waals surface area contributed by atoms with Gasteiger partial charge in [-0.1, -0.05) is 12.1 Å². The summed E-state index contributed by atoms with van der Waals surface area (Å²) in [5.41, 5.74) is 10.0. The highest BCUT2D eigenvalue weighted by Crippen LogP contribution is 2.29. The van der Waals surface area contributed by atoms with Crippen molar-refractivity contribution in [3.63, 3.8) is 0 Å². The molecule has 1 unspecified atom stereocenters. The van der Waals surface area contributed by atoms with E-state index in [1.165, 1.54) is 0 Å². The molecule has 0 saturated carbocycles. The van der Waals surface area contributed by atoms with Crippen molar-refractivity contribution in [2.24, 2.45) is 5.73 Å². The van der Waals surface area contributed by atoms with Gasteiger partial charge >= 0.3 is 0 Å². The second kappa shape index (κ2) is 3.10.